The van der Waals surface area contributed by atoms with Gasteiger partial charge in [-0.05, 0) is 17.2 Å². The van der Waals surface area contributed by atoms with Crippen LogP contribution in [0, 0.1) is 0 Å². The minimum Gasteiger partial charge on any atom is -0.359 e. The number of hydrogen-bond acceptors (Lipinski definition) is 2. The van der Waals surface area contributed by atoms with Gasteiger partial charge < -0.3 is 9.64 Å². The molecule has 134 valence electrons. The summed E-state index contributed by atoms with van der Waals surface area (Å²) in [6, 6.07) is 28.0. The topological polar surface area (TPSA) is 29.5 Å². The molecule has 0 aromatic heterocycles. The molecule has 1 aliphatic heterocycles. The van der Waals surface area contributed by atoms with Crippen molar-refractivity contribution in [1.29, 1.82) is 0 Å². The van der Waals surface area contributed by atoms with E-state index >= 15 is 0 Å². The molecule has 1 heterocycles. The molecule has 27 heavy (non-hydrogen) atoms. The number of carbonyl (C=O) groups is 1. The zero-order valence-corrected chi connectivity index (χ0v) is 15.0. The average Bonchev–Trinajstić information content (AvgIpc) is 2.98. The van der Waals surface area contributed by atoms with Gasteiger partial charge in [-0.15, -0.1) is 0 Å². The Kier molecular flexibility index (Phi) is 5.13. The second-order valence-electron chi connectivity index (χ2n) is 6.50. The van der Waals surface area contributed by atoms with E-state index in [4.69, 9.17) is 4.74 Å². The van der Waals surface area contributed by atoms with Crippen LogP contribution in [0.4, 0.5) is 5.69 Å². The van der Waals surface area contributed by atoms with Crippen LogP contribution in [0.1, 0.15) is 22.8 Å². The first kappa shape index (κ1) is 17.3. The molecule has 3 nitrogen and oxygen atoms in total. The number of anilines is 1. The van der Waals surface area contributed by atoms with Crippen molar-refractivity contribution in [2.45, 2.75) is 12.6 Å². The molecule has 1 aliphatic rings. The summed E-state index contributed by atoms with van der Waals surface area (Å²) >= 11 is 0. The maximum atomic E-state index is 13.0. The number of carbonyl (C=O) groups excluding carboxylic acids is 1. The molecule has 0 bridgehead atoms. The Morgan fingerprint density at radius 2 is 1.52 bits per heavy atom. The van der Waals surface area contributed by atoms with Crippen LogP contribution < -0.4 is 4.90 Å². The molecule has 3 aromatic rings. The lowest BCUT2D eigenvalue weighted by atomic mass is 10.1. The van der Waals surface area contributed by atoms with Gasteiger partial charge in [0.05, 0.1) is 18.8 Å². The molecule has 3 aromatic carbocycles. The Bertz CT molecular complexity index is 935. The molecule has 1 unspecified atom stereocenters. The van der Waals surface area contributed by atoms with Gasteiger partial charge in [-0.25, -0.2) is 0 Å². The van der Waals surface area contributed by atoms with E-state index in [0.717, 1.165) is 22.4 Å². The summed E-state index contributed by atoms with van der Waals surface area (Å²) in [4.78, 5) is 14.8. The highest BCUT2D eigenvalue weighted by Crippen LogP contribution is 2.38. The monoisotopic (exact) mass is 355 g/mol. The predicted octanol–water partition coefficient (Wildman–Crippen LogP) is 5.00. The molecule has 0 saturated heterocycles. The highest BCUT2D eigenvalue weighted by Gasteiger charge is 2.37. The number of benzene rings is 3. The van der Waals surface area contributed by atoms with E-state index in [1.165, 1.54) is 0 Å². The van der Waals surface area contributed by atoms with Gasteiger partial charge in [0.15, 0.2) is 6.10 Å². The van der Waals surface area contributed by atoms with E-state index in [1.807, 2.05) is 102 Å². The summed E-state index contributed by atoms with van der Waals surface area (Å²) < 4.78 is 5.95. The Morgan fingerprint density at radius 1 is 0.852 bits per heavy atom. The summed E-state index contributed by atoms with van der Waals surface area (Å²) in [5.74, 6) is -0.00633. The van der Waals surface area contributed by atoms with E-state index < -0.39 is 6.10 Å². The molecule has 1 amide bonds. The van der Waals surface area contributed by atoms with Crippen LogP contribution in [0.25, 0.3) is 6.08 Å². The number of amides is 1. The predicted molar refractivity (Wildman–Crippen MR) is 108 cm³/mol. The lowest BCUT2D eigenvalue weighted by Crippen LogP contribution is -2.29. The molecule has 0 radical (unpaired) electrons. The average molecular weight is 355 g/mol. The highest BCUT2D eigenvalue weighted by atomic mass is 16.5. The third-order valence-corrected chi connectivity index (χ3v) is 4.65. The zero-order valence-electron chi connectivity index (χ0n) is 15.0. The van der Waals surface area contributed by atoms with Crippen LogP contribution in [0.15, 0.2) is 91.0 Å². The summed E-state index contributed by atoms with van der Waals surface area (Å²) in [7, 11) is 0. The molecule has 0 N–H and O–H groups in total. The van der Waals surface area contributed by atoms with Gasteiger partial charge in [0.2, 0.25) is 0 Å². The lowest BCUT2D eigenvalue weighted by molar-refractivity contribution is -0.128. The molecular formula is C24H21NO2. The van der Waals surface area contributed by atoms with Crippen molar-refractivity contribution >= 4 is 17.7 Å². The van der Waals surface area contributed by atoms with Gasteiger partial charge in [-0.3, -0.25) is 4.79 Å². The van der Waals surface area contributed by atoms with Gasteiger partial charge in [0.1, 0.15) is 0 Å². The normalized spacial score (nSPS) is 16.1. The third kappa shape index (κ3) is 3.83. The van der Waals surface area contributed by atoms with Crippen LogP contribution in [0.5, 0.6) is 0 Å². The fourth-order valence-corrected chi connectivity index (χ4v) is 3.34. The fourth-order valence-electron chi connectivity index (χ4n) is 3.34. The number of rotatable bonds is 6. The maximum absolute atomic E-state index is 13.0. The summed E-state index contributed by atoms with van der Waals surface area (Å²) in [6.07, 6.45) is 3.41. The zero-order chi connectivity index (χ0) is 18.5. The molecular weight excluding hydrogens is 334 g/mol. The van der Waals surface area contributed by atoms with Gasteiger partial charge >= 0.3 is 0 Å². The minimum absolute atomic E-state index is 0.00633. The first-order chi connectivity index (χ1) is 13.3. The van der Waals surface area contributed by atoms with Crippen LogP contribution in [-0.2, 0) is 16.1 Å². The van der Waals surface area contributed by atoms with Gasteiger partial charge in [-0.1, -0.05) is 91.0 Å². The molecule has 0 spiro atoms. The number of nitrogens with zero attached hydrogens (tertiary/aromatic N) is 1. The Morgan fingerprint density at radius 3 is 2.30 bits per heavy atom. The van der Waals surface area contributed by atoms with Crippen LogP contribution in [0.2, 0.25) is 0 Å². The molecule has 1 atom stereocenters. The first-order valence-electron chi connectivity index (χ1n) is 9.10. The summed E-state index contributed by atoms with van der Waals surface area (Å²) in [5, 5.41) is 0. The molecule has 4 rings (SSSR count). The Balaban J connectivity index is 1.48. The van der Waals surface area contributed by atoms with E-state index in [9.17, 15) is 4.79 Å². The third-order valence-electron chi connectivity index (χ3n) is 4.65. The summed E-state index contributed by atoms with van der Waals surface area (Å²) in [6.45, 7) is 0.940. The SMILES string of the molecule is O=C1C(OC/C=C/c2ccccc2)c2ccccc2N1Cc1ccccc1. The second kappa shape index (κ2) is 8.02. The van der Waals surface area contributed by atoms with Crippen molar-refractivity contribution in [3.8, 4) is 0 Å². The van der Waals surface area contributed by atoms with Crippen LogP contribution >= 0.6 is 0 Å². The fraction of sp³-hybridized carbons (Fsp3) is 0.125. The quantitative estimate of drug-likeness (QED) is 0.622. The number of fused-ring (bicyclic) bond motifs is 1. The smallest absolute Gasteiger partial charge is 0.261 e. The summed E-state index contributed by atoms with van der Waals surface area (Å²) in [5.41, 5.74) is 4.09. The largest absolute Gasteiger partial charge is 0.359 e. The van der Waals surface area contributed by atoms with E-state index in [2.05, 4.69) is 0 Å². The highest BCUT2D eigenvalue weighted by molar-refractivity contribution is 6.03. The van der Waals surface area contributed by atoms with E-state index in [1.54, 1.807) is 0 Å². The number of hydrogen-bond donors (Lipinski definition) is 0. The molecule has 3 heteroatoms. The second-order valence-corrected chi connectivity index (χ2v) is 6.50. The van der Waals surface area contributed by atoms with E-state index in [0.29, 0.717) is 13.2 Å². The maximum Gasteiger partial charge on any atom is 0.261 e. The van der Waals surface area contributed by atoms with Crippen molar-refractivity contribution in [3.63, 3.8) is 0 Å². The lowest BCUT2D eigenvalue weighted by Gasteiger charge is -2.18. The van der Waals surface area contributed by atoms with Gasteiger partial charge in [0, 0.05) is 5.56 Å². The van der Waals surface area contributed by atoms with Crippen molar-refractivity contribution < 1.29 is 9.53 Å². The van der Waals surface area contributed by atoms with Gasteiger partial charge in [-0.2, -0.15) is 0 Å². The first-order valence-corrected chi connectivity index (χ1v) is 9.10. The molecule has 0 fully saturated rings. The molecule has 0 saturated carbocycles. The van der Waals surface area contributed by atoms with Crippen molar-refractivity contribution in [1.82, 2.24) is 0 Å². The number of para-hydroxylation sites is 1. The Hall–Kier alpha value is -3.17. The van der Waals surface area contributed by atoms with E-state index in [-0.39, 0.29) is 5.91 Å². The number of ether oxygens (including phenoxy) is 1. The minimum atomic E-state index is -0.551. The molecule has 0 aliphatic carbocycles. The van der Waals surface area contributed by atoms with Crippen molar-refractivity contribution in [2.75, 3.05) is 11.5 Å². The standard InChI is InChI=1S/C24H21NO2/c26-24-23(27-17-9-14-19-10-3-1-4-11-19)21-15-7-8-16-22(21)25(24)18-20-12-5-2-6-13-20/h1-16,23H,17-18H2/b14-9+. The van der Waals surface area contributed by atoms with Crippen LogP contribution in [0.3, 0.4) is 0 Å². The van der Waals surface area contributed by atoms with Crippen molar-refractivity contribution in [3.05, 3.63) is 108 Å². The van der Waals surface area contributed by atoms with Gasteiger partial charge in [0.25, 0.3) is 5.91 Å². The Labute approximate surface area is 159 Å². The van der Waals surface area contributed by atoms with Crippen molar-refractivity contribution in [2.24, 2.45) is 0 Å². The van der Waals surface area contributed by atoms with Crippen LogP contribution in [-0.4, -0.2) is 12.5 Å².